The van der Waals surface area contributed by atoms with E-state index in [1.165, 1.54) is 54.8 Å². The predicted molar refractivity (Wildman–Crippen MR) is 130 cm³/mol. The van der Waals surface area contributed by atoms with Crippen molar-refractivity contribution in [2.75, 3.05) is 17.1 Å². The predicted octanol–water partition coefficient (Wildman–Crippen LogP) is 4.93. The number of thiazole rings is 1. The first-order valence-corrected chi connectivity index (χ1v) is 12.4. The number of hydrogen-bond acceptors (Lipinski definition) is 6. The Morgan fingerprint density at radius 2 is 1.82 bits per heavy atom. The monoisotopic (exact) mass is 497 g/mol. The van der Waals surface area contributed by atoms with Gasteiger partial charge in [0.05, 0.1) is 12.0 Å². The highest BCUT2D eigenvalue weighted by molar-refractivity contribution is 7.92. The molecule has 1 aromatic heterocycles. The molecule has 3 aromatic carbocycles. The zero-order valence-electron chi connectivity index (χ0n) is 18.0. The third-order valence-corrected chi connectivity index (χ3v) is 7.08. The zero-order valence-corrected chi connectivity index (χ0v) is 19.6. The molecule has 10 heteroatoms. The summed E-state index contributed by atoms with van der Waals surface area (Å²) in [4.78, 5) is 17.7. The Hall–Kier alpha value is -3.76. The number of nitrogens with one attached hydrogen (secondary N) is 2. The summed E-state index contributed by atoms with van der Waals surface area (Å²) >= 11 is 1.26. The van der Waals surface area contributed by atoms with E-state index < -0.39 is 15.9 Å². The molecule has 0 bridgehead atoms. The maximum Gasteiger partial charge on any atom is 0.261 e. The van der Waals surface area contributed by atoms with Gasteiger partial charge < -0.3 is 4.74 Å². The van der Waals surface area contributed by atoms with Crippen molar-refractivity contribution in [2.24, 2.45) is 0 Å². The van der Waals surface area contributed by atoms with Gasteiger partial charge in [-0.1, -0.05) is 18.2 Å². The standard InChI is InChI=1S/C24H20FN3O4S2/c1-32-20-10-8-19(9-11-20)28-34(30,31)22-7-3-5-17(14-22)23(29)27-24-26-15-21(33-24)13-16-4-2-6-18(25)12-16/h2-12,14-15,28H,13H2,1H3,(H,26,27,29). The highest BCUT2D eigenvalue weighted by Crippen LogP contribution is 2.23. The van der Waals surface area contributed by atoms with Gasteiger partial charge in [-0.2, -0.15) is 0 Å². The first kappa shape index (κ1) is 23.4. The molecule has 0 atom stereocenters. The van der Waals surface area contributed by atoms with Crippen LogP contribution < -0.4 is 14.8 Å². The Bertz CT molecular complexity index is 1420. The lowest BCUT2D eigenvalue weighted by Crippen LogP contribution is -2.15. The number of ether oxygens (including phenoxy) is 1. The van der Waals surface area contributed by atoms with E-state index in [4.69, 9.17) is 4.74 Å². The SMILES string of the molecule is COc1ccc(NS(=O)(=O)c2cccc(C(=O)Nc3ncc(Cc4cccc(F)c4)s3)c2)cc1. The van der Waals surface area contributed by atoms with Gasteiger partial charge in [0.15, 0.2) is 5.13 Å². The van der Waals surface area contributed by atoms with Gasteiger partial charge >= 0.3 is 0 Å². The summed E-state index contributed by atoms with van der Waals surface area (Å²) in [5.41, 5.74) is 1.33. The van der Waals surface area contributed by atoms with Gasteiger partial charge in [-0.3, -0.25) is 14.8 Å². The second-order valence-electron chi connectivity index (χ2n) is 7.25. The van der Waals surface area contributed by atoms with Crippen LogP contribution >= 0.6 is 11.3 Å². The van der Waals surface area contributed by atoms with Crippen molar-refractivity contribution in [3.05, 3.63) is 101 Å². The molecule has 174 valence electrons. The summed E-state index contributed by atoms with van der Waals surface area (Å²) < 4.78 is 46.5. The van der Waals surface area contributed by atoms with Crippen LogP contribution in [0.2, 0.25) is 0 Å². The third-order valence-electron chi connectivity index (χ3n) is 4.79. The van der Waals surface area contributed by atoms with Crippen LogP contribution in [0.5, 0.6) is 5.75 Å². The molecule has 1 heterocycles. The first-order chi connectivity index (χ1) is 16.3. The van der Waals surface area contributed by atoms with Gasteiger partial charge in [0.2, 0.25) is 0 Å². The quantitative estimate of drug-likeness (QED) is 0.360. The van der Waals surface area contributed by atoms with Crippen LogP contribution in [0.3, 0.4) is 0 Å². The molecule has 1 amide bonds. The lowest BCUT2D eigenvalue weighted by atomic mass is 10.1. The number of hydrogen-bond donors (Lipinski definition) is 2. The number of rotatable bonds is 8. The maximum atomic E-state index is 13.4. The van der Waals surface area contributed by atoms with Crippen LogP contribution in [0.1, 0.15) is 20.8 Å². The van der Waals surface area contributed by atoms with Crippen LogP contribution in [-0.2, 0) is 16.4 Å². The fourth-order valence-electron chi connectivity index (χ4n) is 3.14. The van der Waals surface area contributed by atoms with E-state index in [2.05, 4.69) is 15.0 Å². The maximum absolute atomic E-state index is 13.4. The molecule has 0 radical (unpaired) electrons. The van der Waals surface area contributed by atoms with E-state index in [-0.39, 0.29) is 16.3 Å². The Labute approximate surface area is 200 Å². The number of carbonyl (C=O) groups is 1. The van der Waals surface area contributed by atoms with Crippen LogP contribution in [0.4, 0.5) is 15.2 Å². The van der Waals surface area contributed by atoms with Gasteiger partial charge in [0.1, 0.15) is 11.6 Å². The molecule has 4 rings (SSSR count). The third kappa shape index (κ3) is 5.77. The lowest BCUT2D eigenvalue weighted by Gasteiger charge is -2.10. The van der Waals surface area contributed by atoms with Gasteiger partial charge in [0.25, 0.3) is 15.9 Å². The second kappa shape index (κ2) is 10.0. The van der Waals surface area contributed by atoms with Gasteiger partial charge in [0, 0.05) is 28.7 Å². The largest absolute Gasteiger partial charge is 0.497 e. The van der Waals surface area contributed by atoms with Crippen LogP contribution in [0, 0.1) is 5.82 Å². The second-order valence-corrected chi connectivity index (χ2v) is 10.1. The number of methoxy groups -OCH3 is 1. The van der Waals surface area contributed by atoms with Crippen LogP contribution in [0.15, 0.2) is 83.9 Å². The molecular formula is C24H20FN3O4S2. The molecule has 34 heavy (non-hydrogen) atoms. The molecule has 0 aliphatic rings. The van der Waals surface area contributed by atoms with Crippen molar-refractivity contribution in [1.29, 1.82) is 0 Å². The van der Waals surface area contributed by atoms with Crippen molar-refractivity contribution in [3.8, 4) is 5.75 Å². The fraction of sp³-hybridized carbons (Fsp3) is 0.0833. The number of carbonyl (C=O) groups excluding carboxylic acids is 1. The van der Waals surface area contributed by atoms with E-state index >= 15 is 0 Å². The molecule has 2 N–H and O–H groups in total. The number of nitrogens with zero attached hydrogens (tertiary/aromatic N) is 1. The minimum atomic E-state index is -3.91. The van der Waals surface area contributed by atoms with Gasteiger partial charge in [-0.05, 0) is 60.2 Å². The van der Waals surface area contributed by atoms with E-state index in [9.17, 15) is 17.6 Å². The summed E-state index contributed by atoms with van der Waals surface area (Å²) in [6.07, 6.45) is 2.10. The molecule has 0 spiro atoms. The topological polar surface area (TPSA) is 97.4 Å². The number of benzene rings is 3. The molecule has 0 fully saturated rings. The fourth-order valence-corrected chi connectivity index (χ4v) is 5.09. The van der Waals surface area contributed by atoms with E-state index in [1.54, 1.807) is 36.5 Å². The number of sulfonamides is 1. The van der Waals surface area contributed by atoms with E-state index in [1.807, 2.05) is 6.07 Å². The molecule has 0 aliphatic heterocycles. The molecular weight excluding hydrogens is 477 g/mol. The minimum absolute atomic E-state index is 0.0538. The summed E-state index contributed by atoms with van der Waals surface area (Å²) in [6, 6.07) is 18.4. The van der Waals surface area contributed by atoms with Crippen molar-refractivity contribution < 1.29 is 22.3 Å². The normalized spacial score (nSPS) is 11.1. The highest BCUT2D eigenvalue weighted by atomic mass is 32.2. The van der Waals surface area contributed by atoms with Gasteiger partial charge in [-0.15, -0.1) is 11.3 Å². The number of halogens is 1. The molecule has 7 nitrogen and oxygen atoms in total. The Balaban J connectivity index is 1.45. The Morgan fingerprint density at radius 3 is 2.56 bits per heavy atom. The lowest BCUT2D eigenvalue weighted by molar-refractivity contribution is 0.102. The molecule has 0 aliphatic carbocycles. The molecule has 0 unspecified atom stereocenters. The molecule has 4 aromatic rings. The summed E-state index contributed by atoms with van der Waals surface area (Å²) in [5.74, 6) is -0.206. The van der Waals surface area contributed by atoms with Crippen molar-refractivity contribution in [3.63, 3.8) is 0 Å². The molecule has 0 saturated heterocycles. The average Bonchev–Trinajstić information content (AvgIpc) is 3.26. The van der Waals surface area contributed by atoms with E-state index in [0.717, 1.165) is 10.4 Å². The zero-order chi connectivity index (χ0) is 24.1. The van der Waals surface area contributed by atoms with E-state index in [0.29, 0.717) is 23.0 Å². The number of amides is 1. The summed E-state index contributed by atoms with van der Waals surface area (Å²) in [6.45, 7) is 0. The van der Waals surface area contributed by atoms with Crippen LogP contribution in [0.25, 0.3) is 0 Å². The average molecular weight is 498 g/mol. The smallest absolute Gasteiger partial charge is 0.261 e. The first-order valence-electron chi connectivity index (χ1n) is 10.1. The minimum Gasteiger partial charge on any atom is -0.497 e. The summed E-state index contributed by atoms with van der Waals surface area (Å²) in [7, 11) is -2.39. The van der Waals surface area contributed by atoms with Crippen molar-refractivity contribution in [2.45, 2.75) is 11.3 Å². The Morgan fingerprint density at radius 1 is 1.06 bits per heavy atom. The van der Waals surface area contributed by atoms with Crippen molar-refractivity contribution in [1.82, 2.24) is 4.98 Å². The van der Waals surface area contributed by atoms with Crippen LogP contribution in [-0.4, -0.2) is 26.4 Å². The van der Waals surface area contributed by atoms with Crippen molar-refractivity contribution >= 4 is 38.1 Å². The Kier molecular flexibility index (Phi) is 6.90. The number of aromatic nitrogens is 1. The number of anilines is 2. The summed E-state index contributed by atoms with van der Waals surface area (Å²) in [5, 5.41) is 3.04. The highest BCUT2D eigenvalue weighted by Gasteiger charge is 2.17. The van der Waals surface area contributed by atoms with Gasteiger partial charge in [-0.25, -0.2) is 17.8 Å². The molecule has 0 saturated carbocycles.